The van der Waals surface area contributed by atoms with Crippen LogP contribution in [0.25, 0.3) is 0 Å². The van der Waals surface area contributed by atoms with Gasteiger partial charge in [0, 0.05) is 5.54 Å². The van der Waals surface area contributed by atoms with Gasteiger partial charge in [-0.1, -0.05) is 19.9 Å². The fourth-order valence-corrected chi connectivity index (χ4v) is 2.20. The van der Waals surface area contributed by atoms with Crippen LogP contribution in [-0.2, 0) is 0 Å². The third-order valence-corrected chi connectivity index (χ3v) is 3.38. The molecule has 2 heteroatoms. The predicted molar refractivity (Wildman–Crippen MR) is 62.4 cm³/mol. The largest absolute Gasteiger partial charge is 0.391 e. The molecule has 1 unspecified atom stereocenters. The smallest absolute Gasteiger partial charge is 0.0726 e. The fraction of sp³-hybridized carbons (Fsp3) is 0.833. The highest BCUT2D eigenvalue weighted by Gasteiger charge is 2.35. The minimum absolute atomic E-state index is 0.0665. The van der Waals surface area contributed by atoms with Crippen LogP contribution in [0.4, 0.5) is 0 Å². The number of likely N-dealkylation sites (N-methyl/N-ethyl adjacent to an activating group) is 1. The highest BCUT2D eigenvalue weighted by molar-refractivity contribution is 4.93. The molecule has 0 aromatic rings. The van der Waals surface area contributed by atoms with Gasteiger partial charge in [0.05, 0.1) is 6.10 Å². The number of hydrogen-bond acceptors (Lipinski definition) is 2. The third-order valence-electron chi connectivity index (χ3n) is 3.38. The third kappa shape index (κ3) is 2.82. The molecule has 1 atom stereocenters. The van der Waals surface area contributed by atoms with Gasteiger partial charge in [0.2, 0.25) is 0 Å². The molecule has 0 heterocycles. The Morgan fingerprint density at radius 1 is 1.36 bits per heavy atom. The van der Waals surface area contributed by atoms with Crippen LogP contribution < -0.4 is 0 Å². The molecule has 0 radical (unpaired) electrons. The molecule has 14 heavy (non-hydrogen) atoms. The highest BCUT2D eigenvalue weighted by atomic mass is 16.3. The van der Waals surface area contributed by atoms with E-state index in [1.165, 1.54) is 0 Å². The average Bonchev–Trinajstić information content (AvgIpc) is 2.17. The molecule has 0 saturated carbocycles. The summed E-state index contributed by atoms with van der Waals surface area (Å²) in [6.45, 7) is 7.97. The second-order valence-electron chi connectivity index (χ2n) is 4.09. The van der Waals surface area contributed by atoms with Gasteiger partial charge in [0.15, 0.2) is 0 Å². The van der Waals surface area contributed by atoms with Crippen LogP contribution in [-0.4, -0.2) is 35.7 Å². The normalized spacial score (nSPS) is 14.4. The average molecular weight is 199 g/mol. The van der Waals surface area contributed by atoms with E-state index >= 15 is 0 Å². The topological polar surface area (TPSA) is 23.5 Å². The van der Waals surface area contributed by atoms with E-state index in [-0.39, 0.29) is 11.6 Å². The standard InChI is InChI=1S/C12H25NO/c1-6-9-10-11(14)12(7-2,8-3)13(4)5/h6,11,14H,1,7-10H2,2-5H3. The molecule has 0 aliphatic heterocycles. The van der Waals surface area contributed by atoms with Gasteiger partial charge < -0.3 is 10.0 Å². The van der Waals surface area contributed by atoms with E-state index in [4.69, 9.17) is 0 Å². The zero-order valence-corrected chi connectivity index (χ0v) is 10.1. The number of aliphatic hydroxyl groups excluding tert-OH is 1. The van der Waals surface area contributed by atoms with Crippen molar-refractivity contribution in [2.45, 2.75) is 51.2 Å². The lowest BCUT2D eigenvalue weighted by Gasteiger charge is -2.42. The summed E-state index contributed by atoms with van der Waals surface area (Å²) in [5.74, 6) is 0. The van der Waals surface area contributed by atoms with E-state index in [2.05, 4.69) is 25.3 Å². The zero-order valence-electron chi connectivity index (χ0n) is 10.1. The Kier molecular flexibility index (Phi) is 6.05. The van der Waals surface area contributed by atoms with Crippen molar-refractivity contribution in [1.29, 1.82) is 0 Å². The van der Waals surface area contributed by atoms with Gasteiger partial charge in [-0.3, -0.25) is 0 Å². The maximum atomic E-state index is 10.2. The number of rotatable bonds is 7. The summed E-state index contributed by atoms with van der Waals surface area (Å²) in [5, 5.41) is 10.2. The van der Waals surface area contributed by atoms with Gasteiger partial charge in [-0.05, 0) is 39.8 Å². The summed E-state index contributed by atoms with van der Waals surface area (Å²) >= 11 is 0. The molecule has 0 aliphatic rings. The lowest BCUT2D eigenvalue weighted by molar-refractivity contribution is -0.0170. The molecule has 0 aromatic carbocycles. The molecule has 0 spiro atoms. The highest BCUT2D eigenvalue weighted by Crippen LogP contribution is 2.28. The van der Waals surface area contributed by atoms with Crippen molar-refractivity contribution in [1.82, 2.24) is 4.90 Å². The second kappa shape index (κ2) is 6.20. The number of allylic oxidation sites excluding steroid dienone is 1. The van der Waals surface area contributed by atoms with Crippen molar-refractivity contribution < 1.29 is 5.11 Å². The molecule has 2 nitrogen and oxygen atoms in total. The maximum absolute atomic E-state index is 10.2. The summed E-state index contributed by atoms with van der Waals surface area (Å²) in [6.07, 6.45) is 5.27. The lowest BCUT2D eigenvalue weighted by Crippen LogP contribution is -2.52. The number of nitrogens with zero attached hydrogens (tertiary/aromatic N) is 1. The van der Waals surface area contributed by atoms with Crippen LogP contribution in [0.3, 0.4) is 0 Å². The van der Waals surface area contributed by atoms with Crippen molar-refractivity contribution in [3.8, 4) is 0 Å². The van der Waals surface area contributed by atoms with Crippen LogP contribution in [0, 0.1) is 0 Å². The van der Waals surface area contributed by atoms with E-state index in [0.29, 0.717) is 0 Å². The van der Waals surface area contributed by atoms with Crippen molar-refractivity contribution >= 4 is 0 Å². The Hall–Kier alpha value is -0.340. The van der Waals surface area contributed by atoms with Crippen LogP contribution in [0.5, 0.6) is 0 Å². The lowest BCUT2D eigenvalue weighted by atomic mass is 9.83. The van der Waals surface area contributed by atoms with Crippen molar-refractivity contribution in [2.75, 3.05) is 14.1 Å². The molecule has 0 rings (SSSR count). The Bertz CT molecular complexity index is 162. The molecule has 0 fully saturated rings. The van der Waals surface area contributed by atoms with Gasteiger partial charge >= 0.3 is 0 Å². The van der Waals surface area contributed by atoms with E-state index in [1.54, 1.807) is 0 Å². The molecule has 0 amide bonds. The van der Waals surface area contributed by atoms with Gasteiger partial charge in [-0.2, -0.15) is 0 Å². The predicted octanol–water partition coefficient (Wildman–Crippen LogP) is 2.43. The van der Waals surface area contributed by atoms with E-state index in [0.717, 1.165) is 25.7 Å². The summed E-state index contributed by atoms with van der Waals surface area (Å²) in [4.78, 5) is 2.15. The molecule has 84 valence electrons. The Labute approximate surface area is 88.6 Å². The van der Waals surface area contributed by atoms with Crippen LogP contribution in [0.15, 0.2) is 12.7 Å². The van der Waals surface area contributed by atoms with E-state index < -0.39 is 0 Å². The molecule has 0 aliphatic carbocycles. The first kappa shape index (κ1) is 13.7. The quantitative estimate of drug-likeness (QED) is 0.637. The molecule has 0 bridgehead atoms. The van der Waals surface area contributed by atoms with Crippen LogP contribution >= 0.6 is 0 Å². The number of hydrogen-bond donors (Lipinski definition) is 1. The minimum atomic E-state index is -0.259. The summed E-state index contributed by atoms with van der Waals surface area (Å²) in [6, 6.07) is 0. The first-order valence-corrected chi connectivity index (χ1v) is 5.51. The Balaban J connectivity index is 4.52. The monoisotopic (exact) mass is 199 g/mol. The first-order chi connectivity index (χ1) is 6.55. The summed E-state index contributed by atoms with van der Waals surface area (Å²) in [7, 11) is 4.09. The first-order valence-electron chi connectivity index (χ1n) is 5.51. The zero-order chi connectivity index (χ0) is 11.2. The number of aliphatic hydroxyl groups is 1. The fourth-order valence-electron chi connectivity index (χ4n) is 2.20. The minimum Gasteiger partial charge on any atom is -0.391 e. The van der Waals surface area contributed by atoms with Crippen molar-refractivity contribution in [3.63, 3.8) is 0 Å². The molecular formula is C12H25NO. The van der Waals surface area contributed by atoms with E-state index in [9.17, 15) is 5.11 Å². The van der Waals surface area contributed by atoms with Gasteiger partial charge in [0.25, 0.3) is 0 Å². The van der Waals surface area contributed by atoms with E-state index in [1.807, 2.05) is 20.2 Å². The SMILES string of the molecule is C=CCCC(O)C(CC)(CC)N(C)C. The molecule has 0 saturated heterocycles. The Morgan fingerprint density at radius 2 is 1.86 bits per heavy atom. The van der Waals surface area contributed by atoms with Gasteiger partial charge in [-0.15, -0.1) is 6.58 Å². The van der Waals surface area contributed by atoms with Crippen LogP contribution in [0.1, 0.15) is 39.5 Å². The summed E-state index contributed by atoms with van der Waals surface area (Å²) in [5.41, 5.74) is -0.0665. The maximum Gasteiger partial charge on any atom is 0.0726 e. The molecule has 1 N–H and O–H groups in total. The molecular weight excluding hydrogens is 174 g/mol. The summed E-state index contributed by atoms with van der Waals surface area (Å²) < 4.78 is 0. The second-order valence-corrected chi connectivity index (χ2v) is 4.09. The van der Waals surface area contributed by atoms with Crippen LogP contribution in [0.2, 0.25) is 0 Å². The van der Waals surface area contributed by atoms with Crippen molar-refractivity contribution in [3.05, 3.63) is 12.7 Å². The van der Waals surface area contributed by atoms with Crippen molar-refractivity contribution in [2.24, 2.45) is 0 Å². The van der Waals surface area contributed by atoms with Gasteiger partial charge in [0.1, 0.15) is 0 Å². The Morgan fingerprint density at radius 3 is 2.14 bits per heavy atom. The molecule has 0 aromatic heterocycles. The van der Waals surface area contributed by atoms with Gasteiger partial charge in [-0.25, -0.2) is 0 Å².